The van der Waals surface area contributed by atoms with Crippen LogP contribution in [-0.4, -0.2) is 57.6 Å². The molecule has 0 radical (unpaired) electrons. The van der Waals surface area contributed by atoms with Crippen LogP contribution in [0.2, 0.25) is 0 Å². The van der Waals surface area contributed by atoms with E-state index in [1.54, 1.807) is 36.4 Å². The predicted octanol–water partition coefficient (Wildman–Crippen LogP) is 4.79. The topological polar surface area (TPSA) is 96.0 Å². The van der Waals surface area contributed by atoms with E-state index < -0.39 is 21.9 Å². The van der Waals surface area contributed by atoms with Crippen molar-refractivity contribution in [3.8, 4) is 5.75 Å². The van der Waals surface area contributed by atoms with E-state index in [0.29, 0.717) is 23.5 Å². The molecule has 0 fully saturated rings. The Kier molecular flexibility index (Phi) is 11.9. The molecule has 0 aliphatic rings. The number of sulfonamides is 1. The Hall–Kier alpha value is -3.92. The third kappa shape index (κ3) is 9.87. The number of rotatable bonds is 15. The van der Waals surface area contributed by atoms with Gasteiger partial charge in [-0.3, -0.25) is 13.9 Å². The van der Waals surface area contributed by atoms with E-state index in [4.69, 9.17) is 4.74 Å². The van der Waals surface area contributed by atoms with Crippen LogP contribution in [0.4, 0.5) is 10.1 Å². The summed E-state index contributed by atoms with van der Waals surface area (Å²) < 4.78 is 45.4. The second-order valence-corrected chi connectivity index (χ2v) is 12.5. The van der Waals surface area contributed by atoms with Crippen LogP contribution in [0.1, 0.15) is 37.8 Å². The van der Waals surface area contributed by atoms with Gasteiger partial charge >= 0.3 is 0 Å². The first-order valence-electron chi connectivity index (χ1n) is 13.9. The maximum atomic E-state index is 13.8. The van der Waals surface area contributed by atoms with Crippen LogP contribution in [0.5, 0.6) is 5.75 Å². The number of hydrogen-bond donors (Lipinski definition) is 1. The Morgan fingerprint density at radius 2 is 1.64 bits per heavy atom. The molecule has 3 rings (SSSR count). The molecule has 226 valence electrons. The second kappa shape index (κ2) is 15.3. The van der Waals surface area contributed by atoms with Gasteiger partial charge in [-0.25, -0.2) is 12.8 Å². The third-order valence-electron chi connectivity index (χ3n) is 6.72. The zero-order chi connectivity index (χ0) is 30.7. The van der Waals surface area contributed by atoms with Crippen molar-refractivity contribution in [2.24, 2.45) is 5.92 Å². The van der Waals surface area contributed by atoms with Gasteiger partial charge in [0.25, 0.3) is 0 Å². The quantitative estimate of drug-likeness (QED) is 0.272. The molecule has 0 bridgehead atoms. The highest BCUT2D eigenvalue weighted by atomic mass is 32.2. The first-order valence-corrected chi connectivity index (χ1v) is 15.8. The summed E-state index contributed by atoms with van der Waals surface area (Å²) in [5.41, 5.74) is 2.00. The number of amides is 2. The Labute approximate surface area is 248 Å². The van der Waals surface area contributed by atoms with Gasteiger partial charge in [-0.1, -0.05) is 62.4 Å². The van der Waals surface area contributed by atoms with E-state index in [1.165, 1.54) is 28.4 Å². The predicted molar refractivity (Wildman–Crippen MR) is 163 cm³/mol. The molecule has 10 heteroatoms. The van der Waals surface area contributed by atoms with E-state index in [1.807, 2.05) is 44.2 Å². The third-order valence-corrected chi connectivity index (χ3v) is 7.91. The molecule has 1 N–H and O–H groups in total. The zero-order valence-electron chi connectivity index (χ0n) is 24.6. The first-order chi connectivity index (χ1) is 20.0. The van der Waals surface area contributed by atoms with Crippen molar-refractivity contribution >= 4 is 27.5 Å². The van der Waals surface area contributed by atoms with Gasteiger partial charge in [-0.15, -0.1) is 0 Å². The van der Waals surface area contributed by atoms with Gasteiger partial charge in [0, 0.05) is 38.5 Å². The van der Waals surface area contributed by atoms with Gasteiger partial charge in [0.2, 0.25) is 21.8 Å². The molecule has 3 aromatic carbocycles. The lowest BCUT2D eigenvalue weighted by atomic mass is 10.0. The molecule has 0 unspecified atom stereocenters. The molecule has 0 saturated carbocycles. The molecule has 0 aliphatic carbocycles. The van der Waals surface area contributed by atoms with E-state index >= 15 is 0 Å². The fourth-order valence-corrected chi connectivity index (χ4v) is 5.49. The van der Waals surface area contributed by atoms with Gasteiger partial charge in [0.1, 0.15) is 17.6 Å². The summed E-state index contributed by atoms with van der Waals surface area (Å²) in [6.45, 7) is 4.59. The summed E-state index contributed by atoms with van der Waals surface area (Å²) in [5, 5.41) is 2.97. The number of benzene rings is 3. The van der Waals surface area contributed by atoms with Crippen LogP contribution >= 0.6 is 0 Å². The second-order valence-electron chi connectivity index (χ2n) is 10.6. The molecule has 8 nitrogen and oxygen atoms in total. The summed E-state index contributed by atoms with van der Waals surface area (Å²) in [4.78, 5) is 28.9. The molecule has 1 atom stereocenters. The Morgan fingerprint density at radius 3 is 2.26 bits per heavy atom. The average Bonchev–Trinajstić information content (AvgIpc) is 2.96. The van der Waals surface area contributed by atoms with Crippen LogP contribution in [-0.2, 0) is 32.6 Å². The fraction of sp³-hybridized carbons (Fsp3) is 0.375. The van der Waals surface area contributed by atoms with Gasteiger partial charge in [0.05, 0.1) is 19.1 Å². The van der Waals surface area contributed by atoms with Crippen LogP contribution in [0.15, 0.2) is 78.9 Å². The highest BCUT2D eigenvalue weighted by Gasteiger charge is 2.30. The smallest absolute Gasteiger partial charge is 0.243 e. The Bertz CT molecular complexity index is 1420. The minimum Gasteiger partial charge on any atom is -0.497 e. The van der Waals surface area contributed by atoms with Gasteiger partial charge in [-0.2, -0.15) is 0 Å². The van der Waals surface area contributed by atoms with Gasteiger partial charge in [-0.05, 0) is 47.7 Å². The highest BCUT2D eigenvalue weighted by Crippen LogP contribution is 2.24. The van der Waals surface area contributed by atoms with Crippen molar-refractivity contribution < 1.29 is 27.1 Å². The molecule has 0 aromatic heterocycles. The molecule has 0 heterocycles. The van der Waals surface area contributed by atoms with E-state index in [0.717, 1.165) is 11.8 Å². The number of methoxy groups -OCH3 is 1. The number of ether oxygens (including phenoxy) is 1. The minimum absolute atomic E-state index is 0.0000661. The summed E-state index contributed by atoms with van der Waals surface area (Å²) in [5.74, 6) is -0.258. The van der Waals surface area contributed by atoms with Crippen LogP contribution in [0, 0.1) is 11.7 Å². The van der Waals surface area contributed by atoms with Crippen LogP contribution in [0.25, 0.3) is 0 Å². The lowest BCUT2D eigenvalue weighted by molar-refractivity contribution is -0.141. The summed E-state index contributed by atoms with van der Waals surface area (Å²) in [6, 6.07) is 21.2. The maximum Gasteiger partial charge on any atom is 0.243 e. The highest BCUT2D eigenvalue weighted by molar-refractivity contribution is 7.92. The average molecular weight is 598 g/mol. The minimum atomic E-state index is -3.65. The van der Waals surface area contributed by atoms with Crippen molar-refractivity contribution in [2.75, 3.05) is 30.8 Å². The lowest BCUT2D eigenvalue weighted by Crippen LogP contribution is -2.51. The number of anilines is 1. The first kappa shape index (κ1) is 32.6. The molecule has 0 spiro atoms. The number of carbonyl (C=O) groups excluding carboxylic acids is 2. The number of carbonyl (C=O) groups is 2. The standard InChI is InChI=1S/C32H40FN3O5S/c1-24(2)22-34-32(38)30(20-25-10-6-5-7-11-25)35(23-26-15-17-27(33)18-16-26)31(37)14-9-19-36(42(4,39)40)28-12-8-13-29(21-28)41-3/h5-8,10-13,15-18,21,24,30H,9,14,19-20,22-23H2,1-4H3,(H,34,38)/t30-/m0/s1. The molecule has 0 saturated heterocycles. The maximum absolute atomic E-state index is 13.8. The SMILES string of the molecule is COc1cccc(N(CCCC(=O)N(Cc2ccc(F)cc2)[C@@H](Cc2ccccc2)C(=O)NCC(C)C)S(C)(=O)=O)c1. The molecule has 2 amide bonds. The fourth-order valence-electron chi connectivity index (χ4n) is 4.53. The summed E-state index contributed by atoms with van der Waals surface area (Å²) >= 11 is 0. The van der Waals surface area contributed by atoms with Crippen molar-refractivity contribution in [2.45, 2.75) is 45.7 Å². The summed E-state index contributed by atoms with van der Waals surface area (Å²) in [6.07, 6.45) is 1.62. The molecule has 3 aromatic rings. The van der Waals surface area contributed by atoms with E-state index in [2.05, 4.69) is 5.32 Å². The lowest BCUT2D eigenvalue weighted by Gasteiger charge is -2.32. The molecule has 0 aliphatic heterocycles. The largest absolute Gasteiger partial charge is 0.497 e. The molecular weight excluding hydrogens is 557 g/mol. The monoisotopic (exact) mass is 597 g/mol. The Morgan fingerprint density at radius 1 is 0.952 bits per heavy atom. The van der Waals surface area contributed by atoms with Gasteiger partial charge in [0.15, 0.2) is 0 Å². The number of halogens is 1. The van der Waals surface area contributed by atoms with E-state index in [-0.39, 0.29) is 50.1 Å². The van der Waals surface area contributed by atoms with Crippen molar-refractivity contribution in [3.63, 3.8) is 0 Å². The normalized spacial score (nSPS) is 12.0. The van der Waals surface area contributed by atoms with Crippen molar-refractivity contribution in [1.82, 2.24) is 10.2 Å². The molecular formula is C32H40FN3O5S. The number of nitrogens with zero attached hydrogens (tertiary/aromatic N) is 2. The van der Waals surface area contributed by atoms with E-state index in [9.17, 15) is 22.4 Å². The van der Waals surface area contributed by atoms with Crippen LogP contribution < -0.4 is 14.4 Å². The zero-order valence-corrected chi connectivity index (χ0v) is 25.4. The number of nitrogens with one attached hydrogen (secondary N) is 1. The van der Waals surface area contributed by atoms with Gasteiger partial charge < -0.3 is 15.0 Å². The van der Waals surface area contributed by atoms with Crippen LogP contribution in [0.3, 0.4) is 0 Å². The van der Waals surface area contributed by atoms with Crippen molar-refractivity contribution in [1.29, 1.82) is 0 Å². The molecule has 42 heavy (non-hydrogen) atoms. The van der Waals surface area contributed by atoms with Crippen molar-refractivity contribution in [3.05, 3.63) is 95.8 Å². The number of hydrogen-bond acceptors (Lipinski definition) is 5. The summed E-state index contributed by atoms with van der Waals surface area (Å²) in [7, 11) is -2.15. The Balaban J connectivity index is 1.88.